The number of nitrogens with one attached hydrogen (secondary N) is 1. The second kappa shape index (κ2) is 10.0. The van der Waals surface area contributed by atoms with Crippen molar-refractivity contribution < 1.29 is 9.53 Å². The molecule has 7 heteroatoms. The molecule has 4 rings (SSSR count). The molecule has 0 saturated heterocycles. The first-order valence-electron chi connectivity index (χ1n) is 10.7. The highest BCUT2D eigenvalue weighted by molar-refractivity contribution is 7.99. The van der Waals surface area contributed by atoms with Crippen LogP contribution in [0.15, 0.2) is 59.8 Å². The maximum atomic E-state index is 12.4. The zero-order valence-electron chi connectivity index (χ0n) is 18.0. The summed E-state index contributed by atoms with van der Waals surface area (Å²) in [6, 6.07) is 18.4. The van der Waals surface area contributed by atoms with E-state index in [9.17, 15) is 4.79 Å². The van der Waals surface area contributed by atoms with Gasteiger partial charge in [0.25, 0.3) is 0 Å². The molecule has 1 amide bonds. The number of rotatable bonds is 10. The van der Waals surface area contributed by atoms with Crippen molar-refractivity contribution in [2.24, 2.45) is 5.92 Å². The number of hydrogen-bond acceptors (Lipinski definition) is 5. The normalized spacial score (nSPS) is 14.3. The van der Waals surface area contributed by atoms with Gasteiger partial charge >= 0.3 is 0 Å². The summed E-state index contributed by atoms with van der Waals surface area (Å²) in [6.07, 6.45) is 3.29. The Morgan fingerprint density at radius 1 is 1.16 bits per heavy atom. The quantitative estimate of drug-likeness (QED) is 0.482. The van der Waals surface area contributed by atoms with Gasteiger partial charge in [0.05, 0.1) is 12.9 Å². The Bertz CT molecular complexity index is 1000. The van der Waals surface area contributed by atoms with Gasteiger partial charge in [-0.25, -0.2) is 0 Å². The Labute approximate surface area is 187 Å². The summed E-state index contributed by atoms with van der Waals surface area (Å²) in [6.45, 7) is 2.82. The third-order valence-electron chi connectivity index (χ3n) is 5.58. The average molecular weight is 437 g/mol. The molecule has 0 aliphatic heterocycles. The molecule has 1 unspecified atom stereocenters. The lowest BCUT2D eigenvalue weighted by atomic mass is 10.1. The van der Waals surface area contributed by atoms with Gasteiger partial charge in [0.2, 0.25) is 5.91 Å². The maximum Gasteiger partial charge on any atom is 0.230 e. The summed E-state index contributed by atoms with van der Waals surface area (Å²) < 4.78 is 7.38. The van der Waals surface area contributed by atoms with Crippen LogP contribution in [0.3, 0.4) is 0 Å². The first-order valence-corrected chi connectivity index (χ1v) is 11.7. The summed E-state index contributed by atoms with van der Waals surface area (Å²) in [7, 11) is 1.65. The number of methoxy groups -OCH3 is 1. The van der Waals surface area contributed by atoms with Crippen LogP contribution in [0.5, 0.6) is 5.75 Å². The van der Waals surface area contributed by atoms with Gasteiger partial charge in [-0.1, -0.05) is 42.1 Å². The molecule has 1 aliphatic rings. The van der Waals surface area contributed by atoms with Gasteiger partial charge in [-0.15, -0.1) is 10.2 Å². The van der Waals surface area contributed by atoms with Crippen LogP contribution in [0.1, 0.15) is 25.3 Å². The van der Waals surface area contributed by atoms with Gasteiger partial charge < -0.3 is 14.6 Å². The number of benzene rings is 2. The van der Waals surface area contributed by atoms with Gasteiger partial charge in [-0.2, -0.15) is 0 Å². The van der Waals surface area contributed by atoms with Crippen molar-refractivity contribution in [1.82, 2.24) is 20.1 Å². The van der Waals surface area contributed by atoms with Crippen molar-refractivity contribution in [3.05, 3.63) is 60.2 Å². The molecule has 0 spiro atoms. The minimum Gasteiger partial charge on any atom is -0.497 e. The molecule has 6 nitrogen and oxygen atoms in total. The van der Waals surface area contributed by atoms with Crippen molar-refractivity contribution in [3.63, 3.8) is 0 Å². The van der Waals surface area contributed by atoms with Gasteiger partial charge in [-0.05, 0) is 61.9 Å². The smallest absolute Gasteiger partial charge is 0.230 e. The fourth-order valence-corrected chi connectivity index (χ4v) is 4.35. The standard InChI is InChI=1S/C24H28N4O2S/c1-17(19-8-9-19)25-22(29)16-31-24-27-26-23(20-10-12-21(30-2)13-11-20)28(24)15-14-18-6-4-3-5-7-18/h3-7,10-13,17,19H,8-9,14-16H2,1-2H3,(H,25,29). The molecule has 162 valence electrons. The number of carbonyl (C=O) groups is 1. The molecule has 1 atom stereocenters. The lowest BCUT2D eigenvalue weighted by molar-refractivity contribution is -0.119. The second-order valence-corrected chi connectivity index (χ2v) is 8.85. The summed E-state index contributed by atoms with van der Waals surface area (Å²) in [5, 5.41) is 12.7. The fraction of sp³-hybridized carbons (Fsp3) is 0.375. The van der Waals surface area contributed by atoms with Crippen LogP contribution in [-0.2, 0) is 17.8 Å². The van der Waals surface area contributed by atoms with E-state index in [2.05, 4.69) is 39.1 Å². The number of thioether (sulfide) groups is 1. The number of aromatic nitrogens is 3. The molecule has 1 heterocycles. The van der Waals surface area contributed by atoms with E-state index in [0.29, 0.717) is 11.7 Å². The zero-order valence-corrected chi connectivity index (χ0v) is 18.8. The van der Waals surface area contributed by atoms with E-state index < -0.39 is 0 Å². The summed E-state index contributed by atoms with van der Waals surface area (Å²) >= 11 is 1.44. The molecule has 31 heavy (non-hydrogen) atoms. The molecule has 3 aromatic rings. The van der Waals surface area contributed by atoms with Crippen molar-refractivity contribution in [2.45, 2.75) is 43.9 Å². The number of nitrogens with zero attached hydrogens (tertiary/aromatic N) is 3. The van der Waals surface area contributed by atoms with Crippen LogP contribution in [0.4, 0.5) is 0 Å². The number of ether oxygens (including phenoxy) is 1. The highest BCUT2D eigenvalue weighted by atomic mass is 32.2. The first kappa shape index (κ1) is 21.4. The highest BCUT2D eigenvalue weighted by Crippen LogP contribution is 2.32. The summed E-state index contributed by atoms with van der Waals surface area (Å²) in [4.78, 5) is 12.4. The van der Waals surface area contributed by atoms with E-state index in [0.717, 1.165) is 35.3 Å². The van der Waals surface area contributed by atoms with E-state index >= 15 is 0 Å². The predicted molar refractivity (Wildman–Crippen MR) is 123 cm³/mol. The lowest BCUT2D eigenvalue weighted by Gasteiger charge is -2.13. The van der Waals surface area contributed by atoms with Crippen LogP contribution in [0.25, 0.3) is 11.4 Å². The van der Waals surface area contributed by atoms with Crippen LogP contribution < -0.4 is 10.1 Å². The summed E-state index contributed by atoms with van der Waals surface area (Å²) in [5.74, 6) is 2.63. The molecule has 1 fully saturated rings. The third kappa shape index (κ3) is 5.67. The molecule has 2 aromatic carbocycles. The average Bonchev–Trinajstić information content (AvgIpc) is 3.58. The zero-order chi connectivity index (χ0) is 21.6. The van der Waals surface area contributed by atoms with Crippen molar-refractivity contribution in [1.29, 1.82) is 0 Å². The Kier molecular flexibility index (Phi) is 6.92. The largest absolute Gasteiger partial charge is 0.497 e. The van der Waals surface area contributed by atoms with E-state index in [1.807, 2.05) is 42.5 Å². The number of amides is 1. The van der Waals surface area contributed by atoms with E-state index in [-0.39, 0.29) is 11.9 Å². The number of hydrogen-bond donors (Lipinski definition) is 1. The number of aryl methyl sites for hydroxylation is 1. The lowest BCUT2D eigenvalue weighted by Crippen LogP contribution is -2.35. The Morgan fingerprint density at radius 3 is 2.58 bits per heavy atom. The second-order valence-electron chi connectivity index (χ2n) is 7.90. The molecule has 1 saturated carbocycles. The first-order chi connectivity index (χ1) is 15.1. The van der Waals surface area contributed by atoms with Crippen LogP contribution in [-0.4, -0.2) is 39.6 Å². The van der Waals surface area contributed by atoms with E-state index in [4.69, 9.17) is 4.74 Å². The monoisotopic (exact) mass is 436 g/mol. The summed E-state index contributed by atoms with van der Waals surface area (Å²) in [5.41, 5.74) is 2.23. The molecule has 1 aliphatic carbocycles. The van der Waals surface area contributed by atoms with Crippen LogP contribution in [0, 0.1) is 5.92 Å². The molecular weight excluding hydrogens is 408 g/mol. The molecular formula is C24H28N4O2S. The topological polar surface area (TPSA) is 69.0 Å². The van der Waals surface area contributed by atoms with Crippen molar-refractivity contribution in [2.75, 3.05) is 12.9 Å². The highest BCUT2D eigenvalue weighted by Gasteiger charge is 2.29. The minimum absolute atomic E-state index is 0.0491. The fourth-order valence-electron chi connectivity index (χ4n) is 3.58. The Morgan fingerprint density at radius 2 is 1.90 bits per heavy atom. The van der Waals surface area contributed by atoms with E-state index in [1.165, 1.54) is 30.2 Å². The predicted octanol–water partition coefficient (Wildman–Crippen LogP) is 4.20. The van der Waals surface area contributed by atoms with Crippen molar-refractivity contribution in [3.8, 4) is 17.1 Å². The Hall–Kier alpha value is -2.80. The SMILES string of the molecule is COc1ccc(-c2nnc(SCC(=O)NC(C)C3CC3)n2CCc2ccccc2)cc1. The molecule has 0 bridgehead atoms. The van der Waals surface area contributed by atoms with E-state index in [1.54, 1.807) is 7.11 Å². The van der Waals surface area contributed by atoms with Crippen LogP contribution >= 0.6 is 11.8 Å². The number of carbonyl (C=O) groups excluding carboxylic acids is 1. The Balaban J connectivity index is 1.50. The van der Waals surface area contributed by atoms with Gasteiger partial charge in [0.1, 0.15) is 5.75 Å². The van der Waals surface area contributed by atoms with Gasteiger partial charge in [0, 0.05) is 18.2 Å². The molecule has 1 aromatic heterocycles. The van der Waals surface area contributed by atoms with Crippen molar-refractivity contribution >= 4 is 17.7 Å². The minimum atomic E-state index is 0.0491. The maximum absolute atomic E-state index is 12.4. The molecule has 0 radical (unpaired) electrons. The van der Waals surface area contributed by atoms with Gasteiger partial charge in [-0.3, -0.25) is 4.79 Å². The third-order valence-corrected chi connectivity index (χ3v) is 6.55. The van der Waals surface area contributed by atoms with Crippen LogP contribution in [0.2, 0.25) is 0 Å². The van der Waals surface area contributed by atoms with Gasteiger partial charge in [0.15, 0.2) is 11.0 Å². The molecule has 1 N–H and O–H groups in total.